The summed E-state index contributed by atoms with van der Waals surface area (Å²) in [7, 11) is 0. The van der Waals surface area contributed by atoms with E-state index in [1.54, 1.807) is 0 Å². The molecule has 3 aromatic rings. The minimum absolute atomic E-state index is 0.125. The minimum atomic E-state index is -0.290. The van der Waals surface area contributed by atoms with Gasteiger partial charge in [0.15, 0.2) is 0 Å². The summed E-state index contributed by atoms with van der Waals surface area (Å²) in [4.78, 5) is 14.5. The number of benzene rings is 3. The highest BCUT2D eigenvalue weighted by Crippen LogP contribution is 2.29. The lowest BCUT2D eigenvalue weighted by molar-refractivity contribution is 0.163. The highest BCUT2D eigenvalue weighted by atomic mass is 16.6. The van der Waals surface area contributed by atoms with E-state index in [1.807, 2.05) is 89.8 Å². The van der Waals surface area contributed by atoms with Crippen LogP contribution in [0.15, 0.2) is 96.8 Å². The van der Waals surface area contributed by atoms with Crippen molar-refractivity contribution in [2.24, 2.45) is 0 Å². The van der Waals surface area contributed by atoms with E-state index in [-0.39, 0.29) is 12.1 Å². The van der Waals surface area contributed by atoms with E-state index < -0.39 is 0 Å². The number of hydrogen-bond donors (Lipinski definition) is 0. The number of nitrogens with zero attached hydrogens (tertiary/aromatic N) is 1. The molecule has 1 heterocycles. The van der Waals surface area contributed by atoms with Crippen LogP contribution >= 0.6 is 0 Å². The third-order valence-electron chi connectivity index (χ3n) is 4.72. The largest absolute Gasteiger partial charge is 0.415 e. The Morgan fingerprint density at radius 3 is 1.96 bits per heavy atom. The Hall–Kier alpha value is -3.33. The van der Waals surface area contributed by atoms with Crippen molar-refractivity contribution >= 4 is 12.2 Å². The Balaban J connectivity index is 1.66. The second-order valence-electron chi connectivity index (χ2n) is 6.64. The molecule has 0 N–H and O–H groups in total. The predicted octanol–water partition coefficient (Wildman–Crippen LogP) is 5.29. The van der Waals surface area contributed by atoms with Crippen LogP contribution in [-0.2, 0) is 17.7 Å². The second kappa shape index (κ2) is 7.92. The van der Waals surface area contributed by atoms with Gasteiger partial charge in [-0.2, -0.15) is 0 Å². The third-order valence-corrected chi connectivity index (χ3v) is 4.72. The number of carbonyl (C=O) groups excluding carboxylic acids is 1. The van der Waals surface area contributed by atoms with E-state index >= 15 is 0 Å². The van der Waals surface area contributed by atoms with Gasteiger partial charge in [-0.05, 0) is 22.8 Å². The Labute approximate surface area is 159 Å². The van der Waals surface area contributed by atoms with Crippen molar-refractivity contribution in [2.45, 2.75) is 19.0 Å². The minimum Gasteiger partial charge on any atom is -0.412 e. The molecular formula is C24H21NO2. The highest BCUT2D eigenvalue weighted by Gasteiger charge is 2.37. The fourth-order valence-electron chi connectivity index (χ4n) is 3.35. The molecular weight excluding hydrogens is 334 g/mol. The summed E-state index contributed by atoms with van der Waals surface area (Å²) in [5, 5.41) is 0. The van der Waals surface area contributed by atoms with Crippen LogP contribution in [0.2, 0.25) is 0 Å². The van der Waals surface area contributed by atoms with Crippen molar-refractivity contribution in [2.75, 3.05) is 0 Å². The summed E-state index contributed by atoms with van der Waals surface area (Å²) in [5.74, 6) is 0.700. The third kappa shape index (κ3) is 4.09. The molecule has 0 aliphatic carbocycles. The zero-order valence-electron chi connectivity index (χ0n) is 15.0. The molecule has 0 radical (unpaired) electrons. The van der Waals surface area contributed by atoms with Crippen LogP contribution in [0.4, 0.5) is 4.79 Å². The van der Waals surface area contributed by atoms with Gasteiger partial charge in [0.25, 0.3) is 0 Å². The Morgan fingerprint density at radius 1 is 0.778 bits per heavy atom. The van der Waals surface area contributed by atoms with Gasteiger partial charge in [0.05, 0.1) is 6.04 Å². The zero-order chi connectivity index (χ0) is 18.5. The molecule has 0 saturated carbocycles. The van der Waals surface area contributed by atoms with Crippen molar-refractivity contribution in [3.05, 3.63) is 113 Å². The lowest BCUT2D eigenvalue weighted by Gasteiger charge is -2.22. The number of rotatable bonds is 5. The summed E-state index contributed by atoms with van der Waals surface area (Å²) in [6, 6.07) is 30.1. The number of cyclic esters (lactones) is 1. The van der Waals surface area contributed by atoms with Gasteiger partial charge in [-0.15, -0.1) is 0 Å². The molecule has 0 aromatic heterocycles. The summed E-state index contributed by atoms with van der Waals surface area (Å²) in [6.45, 7) is 0.531. The van der Waals surface area contributed by atoms with Gasteiger partial charge in [-0.1, -0.05) is 91.0 Å². The van der Waals surface area contributed by atoms with Crippen molar-refractivity contribution < 1.29 is 9.53 Å². The van der Waals surface area contributed by atoms with E-state index in [0.29, 0.717) is 12.3 Å². The van der Waals surface area contributed by atoms with Crippen LogP contribution in [-0.4, -0.2) is 17.0 Å². The Kier molecular flexibility index (Phi) is 5.01. The molecule has 1 fully saturated rings. The molecule has 1 saturated heterocycles. The van der Waals surface area contributed by atoms with E-state index in [0.717, 1.165) is 17.5 Å². The molecule has 27 heavy (non-hydrogen) atoms. The van der Waals surface area contributed by atoms with Crippen molar-refractivity contribution in [1.82, 2.24) is 4.90 Å². The summed E-state index contributed by atoms with van der Waals surface area (Å²) >= 11 is 0. The molecule has 0 bridgehead atoms. The van der Waals surface area contributed by atoms with Gasteiger partial charge in [-0.3, -0.25) is 4.90 Å². The molecule has 1 atom stereocenters. The van der Waals surface area contributed by atoms with Gasteiger partial charge in [0.1, 0.15) is 5.76 Å². The first-order valence-electron chi connectivity index (χ1n) is 9.12. The maximum atomic E-state index is 12.6. The monoisotopic (exact) mass is 355 g/mol. The number of carbonyl (C=O) groups is 1. The van der Waals surface area contributed by atoms with Crippen LogP contribution in [0.1, 0.15) is 16.7 Å². The quantitative estimate of drug-likeness (QED) is 0.622. The van der Waals surface area contributed by atoms with Crippen molar-refractivity contribution in [1.29, 1.82) is 0 Å². The zero-order valence-corrected chi connectivity index (χ0v) is 15.0. The summed E-state index contributed by atoms with van der Waals surface area (Å²) in [6.07, 6.45) is 2.40. The summed E-state index contributed by atoms with van der Waals surface area (Å²) < 4.78 is 5.68. The average Bonchev–Trinajstić information content (AvgIpc) is 2.99. The smallest absolute Gasteiger partial charge is 0.412 e. The Morgan fingerprint density at radius 2 is 1.33 bits per heavy atom. The second-order valence-corrected chi connectivity index (χ2v) is 6.64. The predicted molar refractivity (Wildman–Crippen MR) is 107 cm³/mol. The SMILES string of the molecule is O=C1O/C(=C/c2ccccc2)C(Cc2ccccc2)N1Cc1ccccc1. The van der Waals surface area contributed by atoms with E-state index in [2.05, 4.69) is 12.1 Å². The normalized spacial score (nSPS) is 17.9. The van der Waals surface area contributed by atoms with E-state index in [4.69, 9.17) is 4.74 Å². The highest BCUT2D eigenvalue weighted by molar-refractivity contribution is 5.75. The summed E-state index contributed by atoms with van der Waals surface area (Å²) in [5.41, 5.74) is 3.30. The molecule has 1 aliphatic heterocycles. The number of hydrogen-bond acceptors (Lipinski definition) is 2. The first-order valence-corrected chi connectivity index (χ1v) is 9.12. The Bertz CT molecular complexity index is 920. The molecule has 1 amide bonds. The maximum Gasteiger partial charge on any atom is 0.415 e. The molecule has 3 nitrogen and oxygen atoms in total. The van der Waals surface area contributed by atoms with Crippen molar-refractivity contribution in [3.63, 3.8) is 0 Å². The lowest BCUT2D eigenvalue weighted by atomic mass is 10.0. The molecule has 3 heteroatoms. The molecule has 0 spiro atoms. The van der Waals surface area contributed by atoms with Crippen LogP contribution in [0.3, 0.4) is 0 Å². The average molecular weight is 355 g/mol. The fourth-order valence-corrected chi connectivity index (χ4v) is 3.35. The van der Waals surface area contributed by atoms with Gasteiger partial charge in [0, 0.05) is 13.0 Å². The van der Waals surface area contributed by atoms with Crippen LogP contribution < -0.4 is 0 Å². The molecule has 1 aliphatic rings. The first kappa shape index (κ1) is 17.1. The molecule has 134 valence electrons. The van der Waals surface area contributed by atoms with Gasteiger partial charge in [0.2, 0.25) is 0 Å². The van der Waals surface area contributed by atoms with E-state index in [1.165, 1.54) is 5.56 Å². The molecule has 1 unspecified atom stereocenters. The number of amides is 1. The van der Waals surface area contributed by atoms with Crippen LogP contribution in [0.5, 0.6) is 0 Å². The molecule has 3 aromatic carbocycles. The molecule has 4 rings (SSSR count). The van der Waals surface area contributed by atoms with Crippen LogP contribution in [0.25, 0.3) is 6.08 Å². The lowest BCUT2D eigenvalue weighted by Crippen LogP contribution is -2.34. The fraction of sp³-hybridized carbons (Fsp3) is 0.125. The van der Waals surface area contributed by atoms with Gasteiger partial charge >= 0.3 is 6.09 Å². The van der Waals surface area contributed by atoms with Crippen LogP contribution in [0, 0.1) is 0 Å². The topological polar surface area (TPSA) is 29.5 Å². The van der Waals surface area contributed by atoms with Crippen molar-refractivity contribution in [3.8, 4) is 0 Å². The van der Waals surface area contributed by atoms with Gasteiger partial charge in [-0.25, -0.2) is 4.79 Å². The standard InChI is InChI=1S/C24H21NO2/c26-24-25(18-21-14-8-3-9-15-21)22(16-19-10-4-1-5-11-19)23(27-24)17-20-12-6-2-7-13-20/h1-15,17,22H,16,18H2/b23-17+. The van der Waals surface area contributed by atoms with Gasteiger partial charge < -0.3 is 4.74 Å². The number of ether oxygens (including phenoxy) is 1. The maximum absolute atomic E-state index is 12.6. The van der Waals surface area contributed by atoms with E-state index in [9.17, 15) is 4.79 Å². The first-order chi connectivity index (χ1) is 13.3.